The lowest BCUT2D eigenvalue weighted by atomic mass is 10.1. The molecule has 0 unspecified atom stereocenters. The Kier molecular flexibility index (Phi) is 9.75. The van der Waals surface area contributed by atoms with E-state index in [9.17, 15) is 18.0 Å². The van der Waals surface area contributed by atoms with E-state index >= 15 is 0 Å². The minimum absolute atomic E-state index is 0.253. The van der Waals surface area contributed by atoms with Crippen LogP contribution in [0.3, 0.4) is 0 Å². The SMILES string of the molecule is C[C@H](C(=O)NC(C)(C)C)N(CCc1ccccc1)C(=O)CN(c1ccc(Oc2ccccc2)cc1)S(C)(=O)=O. The van der Waals surface area contributed by atoms with Gasteiger partial charge in [-0.2, -0.15) is 0 Å². The number of benzene rings is 3. The average molecular weight is 552 g/mol. The smallest absolute Gasteiger partial charge is 0.244 e. The van der Waals surface area contributed by atoms with Crippen molar-refractivity contribution in [2.75, 3.05) is 23.7 Å². The summed E-state index contributed by atoms with van der Waals surface area (Å²) in [5.41, 5.74) is 0.843. The van der Waals surface area contributed by atoms with Gasteiger partial charge < -0.3 is 15.0 Å². The monoisotopic (exact) mass is 551 g/mol. The molecule has 1 atom stereocenters. The molecule has 39 heavy (non-hydrogen) atoms. The van der Waals surface area contributed by atoms with E-state index in [1.165, 1.54) is 4.90 Å². The molecular formula is C30H37N3O5S. The number of amides is 2. The maximum Gasteiger partial charge on any atom is 0.244 e. The Morgan fingerprint density at radius 1 is 0.872 bits per heavy atom. The van der Waals surface area contributed by atoms with Crippen molar-refractivity contribution in [3.05, 3.63) is 90.5 Å². The van der Waals surface area contributed by atoms with Crippen molar-refractivity contribution >= 4 is 27.5 Å². The normalized spacial score (nSPS) is 12.3. The van der Waals surface area contributed by atoms with E-state index in [4.69, 9.17) is 4.74 Å². The number of carbonyl (C=O) groups is 2. The number of hydrogen-bond acceptors (Lipinski definition) is 5. The van der Waals surface area contributed by atoms with E-state index in [0.717, 1.165) is 16.1 Å². The van der Waals surface area contributed by atoms with Crippen molar-refractivity contribution in [2.24, 2.45) is 0 Å². The third-order valence-electron chi connectivity index (χ3n) is 5.93. The Morgan fingerprint density at radius 2 is 1.41 bits per heavy atom. The Bertz CT molecular complexity index is 1340. The van der Waals surface area contributed by atoms with E-state index < -0.39 is 34.1 Å². The van der Waals surface area contributed by atoms with Gasteiger partial charge in [-0.05, 0) is 76.1 Å². The fraction of sp³-hybridized carbons (Fsp3) is 0.333. The molecule has 0 spiro atoms. The summed E-state index contributed by atoms with van der Waals surface area (Å²) in [6.07, 6.45) is 1.57. The number of anilines is 1. The van der Waals surface area contributed by atoms with Crippen LogP contribution in [0, 0.1) is 0 Å². The number of sulfonamides is 1. The highest BCUT2D eigenvalue weighted by Crippen LogP contribution is 2.26. The average Bonchev–Trinajstić information content (AvgIpc) is 2.87. The summed E-state index contributed by atoms with van der Waals surface area (Å²) in [5.74, 6) is 0.397. The molecule has 9 heteroatoms. The number of rotatable bonds is 11. The number of ether oxygens (including phenoxy) is 1. The zero-order valence-electron chi connectivity index (χ0n) is 23.1. The van der Waals surface area contributed by atoms with E-state index in [1.807, 2.05) is 81.4 Å². The lowest BCUT2D eigenvalue weighted by molar-refractivity contribution is -0.139. The summed E-state index contributed by atoms with van der Waals surface area (Å²) in [6.45, 7) is 7.06. The Hall–Kier alpha value is -3.85. The molecule has 0 saturated heterocycles. The minimum atomic E-state index is -3.82. The summed E-state index contributed by atoms with van der Waals surface area (Å²) in [6, 6.07) is 24.5. The molecule has 0 heterocycles. The number of hydrogen-bond donors (Lipinski definition) is 1. The molecule has 8 nitrogen and oxygen atoms in total. The zero-order valence-corrected chi connectivity index (χ0v) is 23.9. The van der Waals surface area contributed by atoms with Crippen molar-refractivity contribution in [3.63, 3.8) is 0 Å². The molecule has 0 aromatic heterocycles. The maximum atomic E-state index is 13.6. The lowest BCUT2D eigenvalue weighted by Crippen LogP contribution is -2.55. The van der Waals surface area contributed by atoms with Gasteiger partial charge in [-0.15, -0.1) is 0 Å². The third kappa shape index (κ3) is 9.14. The van der Waals surface area contributed by atoms with Crippen LogP contribution in [-0.2, 0) is 26.0 Å². The van der Waals surface area contributed by atoms with E-state index in [2.05, 4.69) is 5.32 Å². The highest BCUT2D eigenvalue weighted by Gasteiger charge is 2.31. The predicted octanol–water partition coefficient (Wildman–Crippen LogP) is 4.62. The summed E-state index contributed by atoms with van der Waals surface area (Å²) < 4.78 is 32.4. The van der Waals surface area contributed by atoms with Crippen molar-refractivity contribution in [1.29, 1.82) is 0 Å². The van der Waals surface area contributed by atoms with Gasteiger partial charge in [0.25, 0.3) is 0 Å². The molecule has 3 rings (SSSR count). The second-order valence-electron chi connectivity index (χ2n) is 10.4. The highest BCUT2D eigenvalue weighted by molar-refractivity contribution is 7.92. The number of para-hydroxylation sites is 1. The van der Waals surface area contributed by atoms with Crippen molar-refractivity contribution in [1.82, 2.24) is 10.2 Å². The van der Waals surface area contributed by atoms with Crippen LogP contribution in [-0.4, -0.2) is 56.1 Å². The van der Waals surface area contributed by atoms with Crippen molar-refractivity contribution < 1.29 is 22.7 Å². The number of carbonyl (C=O) groups excluding carboxylic acids is 2. The minimum Gasteiger partial charge on any atom is -0.457 e. The summed E-state index contributed by atoms with van der Waals surface area (Å²) in [5, 5.41) is 2.92. The first-order valence-corrected chi connectivity index (χ1v) is 14.6. The molecule has 3 aromatic rings. The molecule has 3 aromatic carbocycles. The number of nitrogens with zero attached hydrogens (tertiary/aromatic N) is 2. The van der Waals surface area contributed by atoms with Crippen LogP contribution in [0.25, 0.3) is 0 Å². The fourth-order valence-electron chi connectivity index (χ4n) is 3.96. The first-order chi connectivity index (χ1) is 18.3. The molecule has 0 radical (unpaired) electrons. The largest absolute Gasteiger partial charge is 0.457 e. The van der Waals surface area contributed by atoms with Gasteiger partial charge >= 0.3 is 0 Å². The third-order valence-corrected chi connectivity index (χ3v) is 7.07. The molecule has 208 valence electrons. The second kappa shape index (κ2) is 12.8. The lowest BCUT2D eigenvalue weighted by Gasteiger charge is -2.33. The van der Waals surface area contributed by atoms with Gasteiger partial charge in [-0.3, -0.25) is 13.9 Å². The van der Waals surface area contributed by atoms with Crippen molar-refractivity contribution in [3.8, 4) is 11.5 Å². The van der Waals surface area contributed by atoms with Crippen LogP contribution in [0.5, 0.6) is 11.5 Å². The van der Waals surface area contributed by atoms with Gasteiger partial charge in [-0.25, -0.2) is 8.42 Å². The van der Waals surface area contributed by atoms with Gasteiger partial charge in [0, 0.05) is 12.1 Å². The van der Waals surface area contributed by atoms with Crippen LogP contribution in [0.15, 0.2) is 84.9 Å². The molecule has 0 fully saturated rings. The fourth-order valence-corrected chi connectivity index (χ4v) is 4.81. The van der Waals surface area contributed by atoms with Gasteiger partial charge in [-0.1, -0.05) is 48.5 Å². The zero-order chi connectivity index (χ0) is 28.6. The van der Waals surface area contributed by atoms with E-state index in [-0.39, 0.29) is 12.5 Å². The van der Waals surface area contributed by atoms with Gasteiger partial charge in [0.15, 0.2) is 0 Å². The van der Waals surface area contributed by atoms with E-state index in [1.54, 1.807) is 31.2 Å². The summed E-state index contributed by atoms with van der Waals surface area (Å²) >= 11 is 0. The van der Waals surface area contributed by atoms with Crippen LogP contribution >= 0.6 is 0 Å². The Morgan fingerprint density at radius 3 is 1.95 bits per heavy atom. The first kappa shape index (κ1) is 29.7. The topological polar surface area (TPSA) is 96.0 Å². The molecule has 0 aliphatic rings. The summed E-state index contributed by atoms with van der Waals surface area (Å²) in [7, 11) is -3.82. The number of nitrogens with one attached hydrogen (secondary N) is 1. The molecule has 1 N–H and O–H groups in total. The van der Waals surface area contributed by atoms with Gasteiger partial charge in [0.1, 0.15) is 24.1 Å². The molecule has 2 amide bonds. The maximum absolute atomic E-state index is 13.6. The van der Waals surface area contributed by atoms with Crippen LogP contribution in [0.1, 0.15) is 33.3 Å². The first-order valence-electron chi connectivity index (χ1n) is 12.8. The summed E-state index contributed by atoms with van der Waals surface area (Å²) in [4.78, 5) is 28.1. The molecule has 0 aliphatic heterocycles. The molecule has 0 saturated carbocycles. The molecule has 0 aliphatic carbocycles. The van der Waals surface area contributed by atoms with E-state index in [0.29, 0.717) is 23.6 Å². The van der Waals surface area contributed by atoms with Crippen LogP contribution in [0.4, 0.5) is 5.69 Å². The standard InChI is InChI=1S/C30H37N3O5S/c1-23(29(35)31-30(2,3)4)32(21-20-24-12-8-6-9-13-24)28(34)22-33(39(5,36)37)25-16-18-27(19-17-25)38-26-14-10-7-11-15-26/h6-19,23H,20-22H2,1-5H3,(H,31,35)/t23-/m1/s1. The Labute approximate surface area is 231 Å². The quantitative estimate of drug-likeness (QED) is 0.375. The second-order valence-corrected chi connectivity index (χ2v) is 12.3. The molecular weight excluding hydrogens is 514 g/mol. The molecule has 0 bridgehead atoms. The van der Waals surface area contributed by atoms with Gasteiger partial charge in [0.05, 0.1) is 11.9 Å². The van der Waals surface area contributed by atoms with Crippen LogP contribution in [0.2, 0.25) is 0 Å². The predicted molar refractivity (Wildman–Crippen MR) is 154 cm³/mol. The highest BCUT2D eigenvalue weighted by atomic mass is 32.2. The van der Waals surface area contributed by atoms with Crippen molar-refractivity contribution in [2.45, 2.75) is 45.7 Å². The Balaban J connectivity index is 1.82. The van der Waals surface area contributed by atoms with Gasteiger partial charge in [0.2, 0.25) is 21.8 Å². The van der Waals surface area contributed by atoms with Crippen LogP contribution < -0.4 is 14.4 Å².